The number of esters is 2. The minimum Gasteiger partial charge on any atom is -0.463 e. The molecule has 5 nitrogen and oxygen atoms in total. The lowest BCUT2D eigenvalue weighted by molar-refractivity contribution is -0.152. The first kappa shape index (κ1) is 29.9. The van der Waals surface area contributed by atoms with E-state index in [1.54, 1.807) is 0 Å². The summed E-state index contributed by atoms with van der Waals surface area (Å²) < 4.78 is 10.2. The lowest BCUT2D eigenvalue weighted by Gasteiger charge is -2.12. The monoisotopic (exact) mass is 442 g/mol. The number of carbonyl (C=O) groups excluding carboxylic acids is 2. The summed E-state index contributed by atoms with van der Waals surface area (Å²) in [5.74, 6) is 0.257. The molecular weight excluding hydrogens is 392 g/mol. The van der Waals surface area contributed by atoms with Crippen LogP contribution in [0, 0.1) is 5.92 Å². The smallest absolute Gasteiger partial charge is 0.305 e. The molecule has 31 heavy (non-hydrogen) atoms. The van der Waals surface area contributed by atoms with Gasteiger partial charge in [-0.3, -0.25) is 9.59 Å². The molecule has 1 N–H and O–H groups in total. The van der Waals surface area contributed by atoms with Gasteiger partial charge in [-0.15, -0.1) is 0 Å². The van der Waals surface area contributed by atoms with Gasteiger partial charge in [-0.2, -0.15) is 0 Å². The molecule has 1 unspecified atom stereocenters. The molecule has 0 amide bonds. The molecule has 184 valence electrons. The van der Waals surface area contributed by atoms with Gasteiger partial charge in [-0.05, 0) is 18.8 Å². The van der Waals surface area contributed by atoms with Gasteiger partial charge in [0, 0.05) is 12.8 Å². The van der Waals surface area contributed by atoms with Crippen LogP contribution in [0.15, 0.2) is 0 Å². The Kier molecular flexibility index (Phi) is 21.3. The van der Waals surface area contributed by atoms with Crippen LogP contribution in [0.5, 0.6) is 0 Å². The van der Waals surface area contributed by atoms with Crippen molar-refractivity contribution >= 4 is 11.9 Å². The van der Waals surface area contributed by atoms with E-state index in [9.17, 15) is 14.7 Å². The predicted octanol–water partition coefficient (Wildman–Crippen LogP) is 6.74. The Morgan fingerprint density at radius 3 is 1.55 bits per heavy atom. The van der Waals surface area contributed by atoms with Gasteiger partial charge < -0.3 is 14.6 Å². The Morgan fingerprint density at radius 1 is 0.677 bits per heavy atom. The fraction of sp³-hybridized carbons (Fsp3) is 0.923. The highest BCUT2D eigenvalue weighted by molar-refractivity contribution is 5.69. The molecule has 0 aromatic heterocycles. The summed E-state index contributed by atoms with van der Waals surface area (Å²) in [6.07, 6.45) is 17.3. The van der Waals surface area contributed by atoms with Gasteiger partial charge in [-0.1, -0.05) is 104 Å². The van der Waals surface area contributed by atoms with Crippen LogP contribution >= 0.6 is 0 Å². The number of rotatable bonds is 22. The maximum absolute atomic E-state index is 11.8. The molecule has 0 aliphatic rings. The molecule has 0 fully saturated rings. The molecule has 0 heterocycles. The van der Waals surface area contributed by atoms with E-state index in [-0.39, 0.29) is 25.2 Å². The Morgan fingerprint density at radius 2 is 1.10 bits per heavy atom. The van der Waals surface area contributed by atoms with E-state index in [2.05, 4.69) is 20.8 Å². The summed E-state index contributed by atoms with van der Waals surface area (Å²) in [7, 11) is 0. The highest BCUT2D eigenvalue weighted by atomic mass is 16.6. The number of hydrogen-bond acceptors (Lipinski definition) is 5. The van der Waals surface area contributed by atoms with Gasteiger partial charge in [0.2, 0.25) is 0 Å². The second-order valence-electron chi connectivity index (χ2n) is 9.06. The van der Waals surface area contributed by atoms with Crippen LogP contribution in [-0.2, 0) is 19.1 Å². The molecule has 0 aliphatic heterocycles. The Hall–Kier alpha value is -1.10. The lowest BCUT2D eigenvalue weighted by Crippen LogP contribution is -2.25. The zero-order valence-corrected chi connectivity index (χ0v) is 20.7. The van der Waals surface area contributed by atoms with Crippen LogP contribution in [0.1, 0.15) is 130 Å². The number of ether oxygens (including phenoxy) is 2. The van der Waals surface area contributed by atoms with E-state index in [1.807, 2.05) is 0 Å². The van der Waals surface area contributed by atoms with E-state index in [0.29, 0.717) is 12.8 Å². The first-order valence-electron chi connectivity index (χ1n) is 13.0. The molecule has 0 spiro atoms. The van der Waals surface area contributed by atoms with Gasteiger partial charge in [0.15, 0.2) is 0 Å². The van der Waals surface area contributed by atoms with Gasteiger partial charge >= 0.3 is 11.9 Å². The third kappa shape index (κ3) is 21.9. The van der Waals surface area contributed by atoms with Crippen molar-refractivity contribution in [2.75, 3.05) is 13.2 Å². The topological polar surface area (TPSA) is 72.8 Å². The number of aliphatic hydroxyl groups excluding tert-OH is 1. The number of unbranched alkanes of at least 4 members (excludes halogenated alkanes) is 11. The van der Waals surface area contributed by atoms with Crippen LogP contribution in [0.25, 0.3) is 0 Å². The van der Waals surface area contributed by atoms with Gasteiger partial charge in [0.1, 0.15) is 19.3 Å². The largest absolute Gasteiger partial charge is 0.463 e. The van der Waals surface area contributed by atoms with Gasteiger partial charge in [0.05, 0.1) is 0 Å². The summed E-state index contributed by atoms with van der Waals surface area (Å²) in [5, 5.41) is 9.83. The van der Waals surface area contributed by atoms with Crippen LogP contribution in [-0.4, -0.2) is 36.4 Å². The zero-order chi connectivity index (χ0) is 23.2. The number of aliphatic hydroxyl groups is 1. The van der Waals surface area contributed by atoms with E-state index in [0.717, 1.165) is 44.4 Å². The van der Waals surface area contributed by atoms with E-state index in [1.165, 1.54) is 57.8 Å². The molecule has 5 heteroatoms. The van der Waals surface area contributed by atoms with E-state index < -0.39 is 6.10 Å². The fourth-order valence-electron chi connectivity index (χ4n) is 3.47. The summed E-state index contributed by atoms with van der Waals surface area (Å²) in [5.41, 5.74) is 0. The third-order valence-electron chi connectivity index (χ3n) is 5.88. The number of carbonyl (C=O) groups is 2. The summed E-state index contributed by atoms with van der Waals surface area (Å²) >= 11 is 0. The molecule has 0 rings (SSSR count). The van der Waals surface area contributed by atoms with Crippen molar-refractivity contribution in [2.24, 2.45) is 5.92 Å². The van der Waals surface area contributed by atoms with Gasteiger partial charge in [-0.25, -0.2) is 0 Å². The van der Waals surface area contributed by atoms with Crippen molar-refractivity contribution in [3.05, 3.63) is 0 Å². The predicted molar refractivity (Wildman–Crippen MR) is 127 cm³/mol. The maximum Gasteiger partial charge on any atom is 0.305 e. The van der Waals surface area contributed by atoms with Crippen LogP contribution in [0.4, 0.5) is 0 Å². The first-order valence-corrected chi connectivity index (χ1v) is 13.0. The van der Waals surface area contributed by atoms with Crippen molar-refractivity contribution in [1.29, 1.82) is 0 Å². The molecule has 0 saturated heterocycles. The highest BCUT2D eigenvalue weighted by Crippen LogP contribution is 2.14. The van der Waals surface area contributed by atoms with Gasteiger partial charge in [0.25, 0.3) is 0 Å². The van der Waals surface area contributed by atoms with Crippen molar-refractivity contribution in [3.63, 3.8) is 0 Å². The highest BCUT2D eigenvalue weighted by Gasteiger charge is 2.12. The van der Waals surface area contributed by atoms with Crippen molar-refractivity contribution in [1.82, 2.24) is 0 Å². The second kappa shape index (κ2) is 22.1. The minimum absolute atomic E-state index is 0.112. The van der Waals surface area contributed by atoms with E-state index in [4.69, 9.17) is 9.47 Å². The van der Waals surface area contributed by atoms with Crippen molar-refractivity contribution < 1.29 is 24.2 Å². The van der Waals surface area contributed by atoms with Crippen LogP contribution in [0.3, 0.4) is 0 Å². The third-order valence-corrected chi connectivity index (χ3v) is 5.88. The van der Waals surface area contributed by atoms with Crippen molar-refractivity contribution in [2.45, 2.75) is 136 Å². The van der Waals surface area contributed by atoms with Crippen LogP contribution < -0.4 is 0 Å². The molecular formula is C26H50O5. The SMILES string of the molecule is CCCCCCCCCC(=O)OC[C@@H](O)COC(=O)CCCCCCCCC(C)CC. The average molecular weight is 443 g/mol. The molecule has 0 aromatic carbocycles. The molecule has 0 bridgehead atoms. The summed E-state index contributed by atoms with van der Waals surface area (Å²) in [4.78, 5) is 23.5. The van der Waals surface area contributed by atoms with E-state index >= 15 is 0 Å². The Bertz CT molecular complexity index is 424. The second-order valence-corrected chi connectivity index (χ2v) is 9.06. The Labute approximate surface area is 191 Å². The Balaban J connectivity index is 3.48. The fourth-order valence-corrected chi connectivity index (χ4v) is 3.47. The quantitative estimate of drug-likeness (QED) is 0.148. The lowest BCUT2D eigenvalue weighted by atomic mass is 10.00. The normalized spacial score (nSPS) is 13.0. The summed E-state index contributed by atoms with van der Waals surface area (Å²) in [6, 6.07) is 0. The maximum atomic E-state index is 11.8. The average Bonchev–Trinajstić information content (AvgIpc) is 2.77. The number of hydrogen-bond donors (Lipinski definition) is 1. The molecule has 2 atom stereocenters. The molecule has 0 aromatic rings. The molecule has 0 aliphatic carbocycles. The molecule has 0 radical (unpaired) electrons. The minimum atomic E-state index is -0.951. The summed E-state index contributed by atoms with van der Waals surface area (Å²) in [6.45, 7) is 6.53. The zero-order valence-electron chi connectivity index (χ0n) is 20.7. The van der Waals surface area contributed by atoms with Crippen molar-refractivity contribution in [3.8, 4) is 0 Å². The molecule has 0 saturated carbocycles. The van der Waals surface area contributed by atoms with Crippen LogP contribution in [0.2, 0.25) is 0 Å². The standard InChI is InChI=1S/C26H50O5/c1-4-6-7-8-9-13-16-19-25(28)30-21-24(27)22-31-26(29)20-17-14-11-10-12-15-18-23(3)5-2/h23-24,27H,4-22H2,1-3H3/t23?,24-/m1/s1. The first-order chi connectivity index (χ1) is 15.0.